The van der Waals surface area contributed by atoms with Crippen molar-refractivity contribution in [3.8, 4) is 0 Å². The predicted octanol–water partition coefficient (Wildman–Crippen LogP) is 3.14. The third-order valence-electron chi connectivity index (χ3n) is 3.21. The third-order valence-corrected chi connectivity index (χ3v) is 3.21. The molecule has 16 heavy (non-hydrogen) atoms. The van der Waals surface area contributed by atoms with E-state index in [4.69, 9.17) is 0 Å². The van der Waals surface area contributed by atoms with E-state index in [0.29, 0.717) is 0 Å². The van der Waals surface area contributed by atoms with E-state index >= 15 is 0 Å². The molecule has 0 spiro atoms. The Kier molecular flexibility index (Phi) is 7.39. The molecule has 3 nitrogen and oxygen atoms in total. The second kappa shape index (κ2) is 7.66. The first kappa shape index (κ1) is 15.4. The van der Waals surface area contributed by atoms with Crippen LogP contribution in [0.1, 0.15) is 59.8 Å². The van der Waals surface area contributed by atoms with Gasteiger partial charge in [-0.3, -0.25) is 9.69 Å². The van der Waals surface area contributed by atoms with Crippen molar-refractivity contribution in [2.45, 2.75) is 65.3 Å². The number of likely N-dealkylation sites (N-methyl/N-ethyl adjacent to an activating group) is 1. The number of aliphatic carboxylic acids is 1. The summed E-state index contributed by atoms with van der Waals surface area (Å²) in [6.45, 7) is 9.98. The van der Waals surface area contributed by atoms with Gasteiger partial charge in [-0.1, -0.05) is 40.5 Å². The fourth-order valence-corrected chi connectivity index (χ4v) is 2.56. The third kappa shape index (κ3) is 3.48. The molecule has 96 valence electrons. The Morgan fingerprint density at radius 1 is 1.06 bits per heavy atom. The van der Waals surface area contributed by atoms with Crippen LogP contribution in [-0.2, 0) is 4.79 Å². The molecule has 0 fully saturated rings. The standard InChI is InChI=1S/C13H27NO2/c1-5-9-13(10-6-2,12(15)16)14(8-4)11-7-3/h5-11H2,1-4H3,(H,15,16). The SMILES string of the molecule is CCCN(CC)C(CCC)(CCC)C(=O)O. The second-order valence-corrected chi connectivity index (χ2v) is 4.42. The zero-order valence-corrected chi connectivity index (χ0v) is 11.3. The van der Waals surface area contributed by atoms with Crippen molar-refractivity contribution < 1.29 is 9.90 Å². The Balaban J connectivity index is 5.02. The molecular formula is C13H27NO2. The van der Waals surface area contributed by atoms with Crippen molar-refractivity contribution in [1.82, 2.24) is 4.90 Å². The van der Waals surface area contributed by atoms with E-state index in [1.54, 1.807) is 0 Å². The van der Waals surface area contributed by atoms with Gasteiger partial charge in [-0.25, -0.2) is 0 Å². The topological polar surface area (TPSA) is 40.5 Å². The number of carboxylic acids is 1. The molecule has 0 saturated carbocycles. The van der Waals surface area contributed by atoms with Gasteiger partial charge in [0.2, 0.25) is 0 Å². The molecule has 0 aliphatic rings. The lowest BCUT2D eigenvalue weighted by molar-refractivity contribution is -0.153. The Hall–Kier alpha value is -0.570. The summed E-state index contributed by atoms with van der Waals surface area (Å²) in [5, 5.41) is 9.57. The lowest BCUT2D eigenvalue weighted by Gasteiger charge is -2.40. The van der Waals surface area contributed by atoms with Crippen LogP contribution in [-0.4, -0.2) is 34.6 Å². The molecule has 0 atom stereocenters. The molecule has 1 N–H and O–H groups in total. The van der Waals surface area contributed by atoms with Gasteiger partial charge in [-0.2, -0.15) is 0 Å². The van der Waals surface area contributed by atoms with E-state index < -0.39 is 11.5 Å². The van der Waals surface area contributed by atoms with Gasteiger partial charge in [0, 0.05) is 0 Å². The Morgan fingerprint density at radius 3 is 1.81 bits per heavy atom. The van der Waals surface area contributed by atoms with E-state index in [0.717, 1.165) is 45.2 Å². The van der Waals surface area contributed by atoms with Crippen LogP contribution in [0.15, 0.2) is 0 Å². The average Bonchev–Trinajstić information content (AvgIpc) is 2.25. The maximum Gasteiger partial charge on any atom is 0.324 e. The molecule has 0 aromatic heterocycles. The molecule has 0 rings (SSSR count). The molecule has 3 heteroatoms. The van der Waals surface area contributed by atoms with Crippen LogP contribution in [0.2, 0.25) is 0 Å². The number of hydrogen-bond donors (Lipinski definition) is 1. The summed E-state index contributed by atoms with van der Waals surface area (Å²) >= 11 is 0. The number of carboxylic acid groups (broad SMARTS) is 1. The van der Waals surface area contributed by atoms with Crippen LogP contribution in [0.4, 0.5) is 0 Å². The predicted molar refractivity (Wildman–Crippen MR) is 67.7 cm³/mol. The van der Waals surface area contributed by atoms with Crippen LogP contribution in [0.3, 0.4) is 0 Å². The molecule has 0 heterocycles. The van der Waals surface area contributed by atoms with E-state index in [9.17, 15) is 9.90 Å². The highest BCUT2D eigenvalue weighted by atomic mass is 16.4. The van der Waals surface area contributed by atoms with Crippen LogP contribution >= 0.6 is 0 Å². The lowest BCUT2D eigenvalue weighted by Crippen LogP contribution is -2.54. The van der Waals surface area contributed by atoms with Crippen molar-refractivity contribution in [1.29, 1.82) is 0 Å². The monoisotopic (exact) mass is 229 g/mol. The van der Waals surface area contributed by atoms with Gasteiger partial charge in [0.05, 0.1) is 0 Å². The average molecular weight is 229 g/mol. The lowest BCUT2D eigenvalue weighted by atomic mass is 9.86. The maximum atomic E-state index is 11.6. The molecular weight excluding hydrogens is 202 g/mol. The van der Waals surface area contributed by atoms with E-state index in [2.05, 4.69) is 32.6 Å². The fraction of sp³-hybridized carbons (Fsp3) is 0.923. The summed E-state index contributed by atoms with van der Waals surface area (Å²) in [4.78, 5) is 13.8. The van der Waals surface area contributed by atoms with Gasteiger partial charge < -0.3 is 5.11 Å². The molecule has 0 saturated heterocycles. The van der Waals surface area contributed by atoms with Crippen LogP contribution in [0.25, 0.3) is 0 Å². The molecule has 0 bridgehead atoms. The van der Waals surface area contributed by atoms with Gasteiger partial charge in [0.15, 0.2) is 0 Å². The highest BCUT2D eigenvalue weighted by Gasteiger charge is 2.41. The first-order valence-corrected chi connectivity index (χ1v) is 6.57. The molecule has 0 aromatic carbocycles. The molecule has 0 radical (unpaired) electrons. The van der Waals surface area contributed by atoms with Crippen molar-refractivity contribution in [3.05, 3.63) is 0 Å². The largest absolute Gasteiger partial charge is 0.480 e. The summed E-state index contributed by atoms with van der Waals surface area (Å²) in [5.41, 5.74) is -0.631. The van der Waals surface area contributed by atoms with E-state index in [-0.39, 0.29) is 0 Å². The first-order valence-electron chi connectivity index (χ1n) is 6.57. The molecule has 0 aliphatic heterocycles. The smallest absolute Gasteiger partial charge is 0.324 e. The minimum absolute atomic E-state index is 0.631. The summed E-state index contributed by atoms with van der Waals surface area (Å²) in [6, 6.07) is 0. The summed E-state index contributed by atoms with van der Waals surface area (Å²) in [5.74, 6) is -0.647. The normalized spacial score (nSPS) is 12.1. The molecule has 0 unspecified atom stereocenters. The zero-order chi connectivity index (χ0) is 12.6. The van der Waals surface area contributed by atoms with Crippen LogP contribution in [0.5, 0.6) is 0 Å². The van der Waals surface area contributed by atoms with Gasteiger partial charge in [-0.05, 0) is 32.4 Å². The van der Waals surface area contributed by atoms with Crippen molar-refractivity contribution >= 4 is 5.97 Å². The van der Waals surface area contributed by atoms with Crippen molar-refractivity contribution in [3.63, 3.8) is 0 Å². The zero-order valence-electron chi connectivity index (χ0n) is 11.3. The second-order valence-electron chi connectivity index (χ2n) is 4.42. The minimum atomic E-state index is -0.647. The van der Waals surface area contributed by atoms with E-state index in [1.165, 1.54) is 0 Å². The molecule has 0 aliphatic carbocycles. The Morgan fingerprint density at radius 2 is 1.56 bits per heavy atom. The van der Waals surface area contributed by atoms with Gasteiger partial charge in [0.25, 0.3) is 0 Å². The number of hydrogen-bond acceptors (Lipinski definition) is 2. The van der Waals surface area contributed by atoms with Crippen molar-refractivity contribution in [2.24, 2.45) is 0 Å². The van der Waals surface area contributed by atoms with Gasteiger partial charge in [0.1, 0.15) is 5.54 Å². The van der Waals surface area contributed by atoms with Crippen molar-refractivity contribution in [2.75, 3.05) is 13.1 Å². The van der Waals surface area contributed by atoms with Crippen LogP contribution < -0.4 is 0 Å². The number of carbonyl (C=O) groups is 1. The Labute approximate surface area is 99.8 Å². The summed E-state index contributed by atoms with van der Waals surface area (Å²) < 4.78 is 0. The first-order chi connectivity index (χ1) is 7.58. The van der Waals surface area contributed by atoms with Crippen LogP contribution in [0, 0.1) is 0 Å². The summed E-state index contributed by atoms with van der Waals surface area (Å²) in [7, 11) is 0. The number of rotatable bonds is 9. The molecule has 0 amide bonds. The highest BCUT2D eigenvalue weighted by Crippen LogP contribution is 2.28. The van der Waals surface area contributed by atoms with E-state index in [1.807, 2.05) is 0 Å². The number of nitrogens with zero attached hydrogens (tertiary/aromatic N) is 1. The highest BCUT2D eigenvalue weighted by molar-refractivity contribution is 5.78. The quantitative estimate of drug-likeness (QED) is 0.660. The fourth-order valence-electron chi connectivity index (χ4n) is 2.56. The van der Waals surface area contributed by atoms with Gasteiger partial charge in [-0.15, -0.1) is 0 Å². The minimum Gasteiger partial charge on any atom is -0.480 e. The molecule has 0 aromatic rings. The summed E-state index contributed by atoms with van der Waals surface area (Å²) in [6.07, 6.45) is 4.36. The van der Waals surface area contributed by atoms with Gasteiger partial charge >= 0.3 is 5.97 Å². The Bertz CT molecular complexity index is 198. The maximum absolute atomic E-state index is 11.6.